The first-order valence-electron chi connectivity index (χ1n) is 7.20. The van der Waals surface area contributed by atoms with Gasteiger partial charge in [-0.3, -0.25) is 4.79 Å². The number of β-amino-alcohol motifs (C(OH)–C–C–N with tert-alkyl or cyclic N) is 1. The van der Waals surface area contributed by atoms with Gasteiger partial charge in [0.05, 0.1) is 6.10 Å². The highest BCUT2D eigenvalue weighted by atomic mass is 16.3. The normalized spacial score (nSPS) is 20.6. The number of aliphatic hydroxyl groups excluding tert-OH is 1. The lowest BCUT2D eigenvalue weighted by Crippen LogP contribution is -2.42. The number of likely N-dealkylation sites (tertiary alicyclic amines) is 1. The van der Waals surface area contributed by atoms with E-state index >= 15 is 0 Å². The SMILES string of the molecule is CCCCCCCCC(=O)N1CCCC(O)C1. The molecule has 3 heteroatoms. The maximum atomic E-state index is 11.8. The predicted molar refractivity (Wildman–Crippen MR) is 69.8 cm³/mol. The molecule has 0 saturated carbocycles. The number of rotatable bonds is 7. The van der Waals surface area contributed by atoms with Gasteiger partial charge in [0.15, 0.2) is 0 Å². The number of piperidine rings is 1. The molecule has 0 bridgehead atoms. The molecule has 1 aliphatic rings. The van der Waals surface area contributed by atoms with Crippen LogP contribution in [0.4, 0.5) is 0 Å². The molecule has 100 valence electrons. The van der Waals surface area contributed by atoms with Crippen LogP contribution in [0, 0.1) is 0 Å². The lowest BCUT2D eigenvalue weighted by Gasteiger charge is -2.30. The Labute approximate surface area is 105 Å². The van der Waals surface area contributed by atoms with E-state index in [2.05, 4.69) is 6.92 Å². The van der Waals surface area contributed by atoms with Gasteiger partial charge in [0.25, 0.3) is 0 Å². The number of carbonyl (C=O) groups is 1. The zero-order chi connectivity index (χ0) is 12.5. The maximum Gasteiger partial charge on any atom is 0.222 e. The van der Waals surface area contributed by atoms with E-state index in [0.29, 0.717) is 13.0 Å². The molecule has 1 unspecified atom stereocenters. The molecule has 0 aliphatic carbocycles. The van der Waals surface area contributed by atoms with E-state index in [1.165, 1.54) is 32.1 Å². The molecule has 1 amide bonds. The minimum absolute atomic E-state index is 0.235. The van der Waals surface area contributed by atoms with Crippen molar-refractivity contribution in [2.75, 3.05) is 13.1 Å². The third-order valence-corrected chi connectivity index (χ3v) is 3.49. The Kier molecular flexibility index (Phi) is 7.25. The van der Waals surface area contributed by atoms with Gasteiger partial charge in [-0.2, -0.15) is 0 Å². The van der Waals surface area contributed by atoms with Crippen LogP contribution in [0.1, 0.15) is 64.7 Å². The fourth-order valence-electron chi connectivity index (χ4n) is 2.40. The summed E-state index contributed by atoms with van der Waals surface area (Å²) in [7, 11) is 0. The molecule has 1 saturated heterocycles. The van der Waals surface area contributed by atoms with Crippen LogP contribution in [-0.2, 0) is 4.79 Å². The van der Waals surface area contributed by atoms with E-state index in [0.717, 1.165) is 25.8 Å². The molecule has 1 heterocycles. The van der Waals surface area contributed by atoms with Crippen LogP contribution in [0.5, 0.6) is 0 Å². The number of unbranched alkanes of at least 4 members (excludes halogenated alkanes) is 5. The van der Waals surface area contributed by atoms with Crippen LogP contribution < -0.4 is 0 Å². The minimum atomic E-state index is -0.294. The zero-order valence-electron chi connectivity index (χ0n) is 11.2. The molecule has 0 spiro atoms. The van der Waals surface area contributed by atoms with Crippen molar-refractivity contribution >= 4 is 5.91 Å². The molecular formula is C14H27NO2. The molecule has 0 aromatic rings. The predicted octanol–water partition coefficient (Wildman–Crippen LogP) is 2.72. The van der Waals surface area contributed by atoms with Crippen molar-refractivity contribution in [3.8, 4) is 0 Å². The second-order valence-electron chi connectivity index (χ2n) is 5.15. The second-order valence-corrected chi connectivity index (χ2v) is 5.15. The van der Waals surface area contributed by atoms with Gasteiger partial charge in [0.1, 0.15) is 0 Å². The lowest BCUT2D eigenvalue weighted by molar-refractivity contribution is -0.134. The first kappa shape index (κ1) is 14.5. The Morgan fingerprint density at radius 3 is 2.65 bits per heavy atom. The average molecular weight is 241 g/mol. The Bertz CT molecular complexity index is 218. The molecule has 1 N–H and O–H groups in total. The summed E-state index contributed by atoms with van der Waals surface area (Å²) in [4.78, 5) is 13.7. The van der Waals surface area contributed by atoms with E-state index in [-0.39, 0.29) is 12.0 Å². The number of hydrogen-bond donors (Lipinski definition) is 1. The molecule has 17 heavy (non-hydrogen) atoms. The second kappa shape index (κ2) is 8.51. The fraction of sp³-hybridized carbons (Fsp3) is 0.929. The lowest BCUT2D eigenvalue weighted by atomic mass is 10.1. The summed E-state index contributed by atoms with van der Waals surface area (Å²) in [6.07, 6.45) is 9.48. The molecule has 1 atom stereocenters. The third kappa shape index (κ3) is 6.06. The summed E-state index contributed by atoms with van der Waals surface area (Å²) in [6.45, 7) is 3.60. The molecule has 1 aliphatic heterocycles. The van der Waals surface area contributed by atoms with Crippen LogP contribution in [0.25, 0.3) is 0 Å². The van der Waals surface area contributed by atoms with Gasteiger partial charge in [-0.05, 0) is 19.3 Å². The summed E-state index contributed by atoms with van der Waals surface area (Å²) >= 11 is 0. The molecule has 1 rings (SSSR count). The third-order valence-electron chi connectivity index (χ3n) is 3.49. The van der Waals surface area contributed by atoms with Crippen molar-refractivity contribution in [2.45, 2.75) is 70.8 Å². The van der Waals surface area contributed by atoms with Crippen molar-refractivity contribution in [2.24, 2.45) is 0 Å². The maximum absolute atomic E-state index is 11.8. The van der Waals surface area contributed by atoms with E-state index in [9.17, 15) is 9.90 Å². The summed E-state index contributed by atoms with van der Waals surface area (Å²) < 4.78 is 0. The topological polar surface area (TPSA) is 40.5 Å². The van der Waals surface area contributed by atoms with Crippen molar-refractivity contribution in [3.05, 3.63) is 0 Å². The number of aliphatic hydroxyl groups is 1. The highest BCUT2D eigenvalue weighted by Crippen LogP contribution is 2.13. The fourth-order valence-corrected chi connectivity index (χ4v) is 2.40. The minimum Gasteiger partial charge on any atom is -0.391 e. The summed E-state index contributed by atoms with van der Waals surface area (Å²) in [6, 6.07) is 0. The Morgan fingerprint density at radius 1 is 1.24 bits per heavy atom. The van der Waals surface area contributed by atoms with Crippen LogP contribution in [0.3, 0.4) is 0 Å². The first-order chi connectivity index (χ1) is 8.24. The van der Waals surface area contributed by atoms with Crippen LogP contribution in [-0.4, -0.2) is 35.1 Å². The summed E-state index contributed by atoms with van der Waals surface area (Å²) in [5.41, 5.74) is 0. The van der Waals surface area contributed by atoms with E-state index in [1.54, 1.807) is 0 Å². The van der Waals surface area contributed by atoms with E-state index in [4.69, 9.17) is 0 Å². The van der Waals surface area contributed by atoms with Gasteiger partial charge in [-0.15, -0.1) is 0 Å². The quantitative estimate of drug-likeness (QED) is 0.696. The van der Waals surface area contributed by atoms with Gasteiger partial charge >= 0.3 is 0 Å². The monoisotopic (exact) mass is 241 g/mol. The zero-order valence-corrected chi connectivity index (χ0v) is 11.2. The van der Waals surface area contributed by atoms with Gasteiger partial charge in [0.2, 0.25) is 5.91 Å². The van der Waals surface area contributed by atoms with Gasteiger partial charge in [0, 0.05) is 19.5 Å². The Hall–Kier alpha value is -0.570. The molecular weight excluding hydrogens is 214 g/mol. The Balaban J connectivity index is 2.04. The number of amides is 1. The number of hydrogen-bond acceptors (Lipinski definition) is 2. The standard InChI is InChI=1S/C14H27NO2/c1-2-3-4-5-6-7-10-14(17)15-11-8-9-13(16)12-15/h13,16H,2-12H2,1H3. The van der Waals surface area contributed by atoms with Gasteiger partial charge in [-0.25, -0.2) is 0 Å². The van der Waals surface area contributed by atoms with Crippen molar-refractivity contribution < 1.29 is 9.90 Å². The molecule has 0 aromatic carbocycles. The van der Waals surface area contributed by atoms with Crippen LogP contribution in [0.15, 0.2) is 0 Å². The van der Waals surface area contributed by atoms with Gasteiger partial charge < -0.3 is 10.0 Å². The Morgan fingerprint density at radius 2 is 1.94 bits per heavy atom. The summed E-state index contributed by atoms with van der Waals surface area (Å²) in [5.74, 6) is 0.235. The van der Waals surface area contributed by atoms with E-state index < -0.39 is 0 Å². The number of carbonyl (C=O) groups excluding carboxylic acids is 1. The van der Waals surface area contributed by atoms with E-state index in [1.807, 2.05) is 4.90 Å². The highest BCUT2D eigenvalue weighted by molar-refractivity contribution is 5.76. The largest absolute Gasteiger partial charge is 0.391 e. The average Bonchev–Trinajstić information content (AvgIpc) is 2.33. The molecule has 3 nitrogen and oxygen atoms in total. The van der Waals surface area contributed by atoms with Crippen molar-refractivity contribution in [1.29, 1.82) is 0 Å². The van der Waals surface area contributed by atoms with Gasteiger partial charge in [-0.1, -0.05) is 39.0 Å². The highest BCUT2D eigenvalue weighted by Gasteiger charge is 2.21. The summed E-state index contributed by atoms with van der Waals surface area (Å²) in [5, 5.41) is 9.50. The number of nitrogens with zero attached hydrogens (tertiary/aromatic N) is 1. The van der Waals surface area contributed by atoms with Crippen molar-refractivity contribution in [3.63, 3.8) is 0 Å². The van der Waals surface area contributed by atoms with Crippen LogP contribution >= 0.6 is 0 Å². The van der Waals surface area contributed by atoms with Crippen molar-refractivity contribution in [1.82, 2.24) is 4.90 Å². The smallest absolute Gasteiger partial charge is 0.222 e. The molecule has 0 aromatic heterocycles. The molecule has 0 radical (unpaired) electrons. The molecule has 1 fully saturated rings. The van der Waals surface area contributed by atoms with Crippen LogP contribution in [0.2, 0.25) is 0 Å². The first-order valence-corrected chi connectivity index (χ1v) is 7.20.